The summed E-state index contributed by atoms with van der Waals surface area (Å²) in [6.07, 6.45) is 5.92. The number of nitrogens with one attached hydrogen (secondary N) is 1. The van der Waals surface area contributed by atoms with Crippen molar-refractivity contribution in [2.75, 3.05) is 26.2 Å². The normalized spacial score (nSPS) is 35.1. The van der Waals surface area contributed by atoms with E-state index in [1.807, 2.05) is 0 Å². The Morgan fingerprint density at radius 3 is 2.56 bits per heavy atom. The molecule has 102 valence electrons. The third kappa shape index (κ3) is 2.87. The van der Waals surface area contributed by atoms with Gasteiger partial charge in [0.2, 0.25) is 0 Å². The van der Waals surface area contributed by atoms with Crippen molar-refractivity contribution in [3.8, 4) is 6.07 Å². The summed E-state index contributed by atoms with van der Waals surface area (Å²) >= 11 is 0. The van der Waals surface area contributed by atoms with E-state index in [0.29, 0.717) is 0 Å². The maximum absolute atomic E-state index is 9.73. The number of hydrogen-bond donors (Lipinski definition) is 1. The summed E-state index contributed by atoms with van der Waals surface area (Å²) in [4.78, 5) is 2.45. The van der Waals surface area contributed by atoms with Crippen molar-refractivity contribution < 1.29 is 0 Å². The smallest absolute Gasteiger partial charge is 0.109 e. The van der Waals surface area contributed by atoms with Crippen molar-refractivity contribution in [3.05, 3.63) is 0 Å². The quantitative estimate of drug-likeness (QED) is 0.764. The molecule has 1 heterocycles. The van der Waals surface area contributed by atoms with E-state index < -0.39 is 0 Å². The van der Waals surface area contributed by atoms with Crippen LogP contribution >= 0.6 is 0 Å². The molecular weight excluding hydrogens is 222 g/mol. The summed E-state index contributed by atoms with van der Waals surface area (Å²) in [5.41, 5.74) is -0.161. The SMILES string of the molecule is CC(C)C1CCCC(C#N)(N2CCNCC2)CC1. The van der Waals surface area contributed by atoms with Gasteiger partial charge in [-0.25, -0.2) is 0 Å². The number of nitriles is 1. The van der Waals surface area contributed by atoms with Gasteiger partial charge in [-0.2, -0.15) is 5.26 Å². The van der Waals surface area contributed by atoms with Gasteiger partial charge in [-0.15, -0.1) is 0 Å². The molecule has 0 bridgehead atoms. The van der Waals surface area contributed by atoms with Gasteiger partial charge in [0.1, 0.15) is 5.54 Å². The van der Waals surface area contributed by atoms with Gasteiger partial charge in [-0.05, 0) is 31.1 Å². The fourth-order valence-electron chi connectivity index (χ4n) is 3.61. The fraction of sp³-hybridized carbons (Fsp3) is 0.933. The van der Waals surface area contributed by atoms with Crippen LogP contribution in [0.15, 0.2) is 0 Å². The van der Waals surface area contributed by atoms with E-state index in [-0.39, 0.29) is 5.54 Å². The van der Waals surface area contributed by atoms with Crippen LogP contribution in [0, 0.1) is 23.2 Å². The minimum atomic E-state index is -0.161. The van der Waals surface area contributed by atoms with Crippen LogP contribution in [-0.4, -0.2) is 36.6 Å². The maximum Gasteiger partial charge on any atom is 0.109 e. The van der Waals surface area contributed by atoms with Crippen LogP contribution in [0.25, 0.3) is 0 Å². The molecule has 18 heavy (non-hydrogen) atoms. The van der Waals surface area contributed by atoms with Gasteiger partial charge in [0, 0.05) is 26.2 Å². The molecule has 0 amide bonds. The molecule has 0 radical (unpaired) electrons. The Labute approximate surface area is 112 Å². The van der Waals surface area contributed by atoms with Crippen LogP contribution in [0.3, 0.4) is 0 Å². The van der Waals surface area contributed by atoms with Crippen molar-refractivity contribution in [1.29, 1.82) is 5.26 Å². The topological polar surface area (TPSA) is 39.1 Å². The third-order valence-electron chi connectivity index (χ3n) is 4.97. The molecular formula is C15H27N3. The number of nitrogens with zero attached hydrogens (tertiary/aromatic N) is 2. The number of piperazine rings is 1. The average Bonchev–Trinajstić information content (AvgIpc) is 2.63. The Morgan fingerprint density at radius 1 is 1.22 bits per heavy atom. The van der Waals surface area contributed by atoms with Crippen LogP contribution in [0.5, 0.6) is 0 Å². The number of hydrogen-bond acceptors (Lipinski definition) is 3. The van der Waals surface area contributed by atoms with Crippen molar-refractivity contribution in [3.63, 3.8) is 0 Å². The Kier molecular flexibility index (Phi) is 4.64. The average molecular weight is 249 g/mol. The molecule has 2 fully saturated rings. The Balaban J connectivity index is 2.05. The van der Waals surface area contributed by atoms with Crippen molar-refractivity contribution in [2.24, 2.45) is 11.8 Å². The molecule has 0 aromatic carbocycles. The molecule has 2 atom stereocenters. The van der Waals surface area contributed by atoms with Gasteiger partial charge in [-0.1, -0.05) is 26.7 Å². The Bertz CT molecular complexity index is 301. The first-order valence-electron chi connectivity index (χ1n) is 7.55. The highest BCUT2D eigenvalue weighted by atomic mass is 15.2. The van der Waals surface area contributed by atoms with E-state index in [9.17, 15) is 5.26 Å². The second kappa shape index (κ2) is 6.04. The first-order valence-corrected chi connectivity index (χ1v) is 7.55. The Morgan fingerprint density at radius 2 is 1.94 bits per heavy atom. The molecule has 1 aliphatic heterocycles. The van der Waals surface area contributed by atoms with Crippen LogP contribution in [0.2, 0.25) is 0 Å². The van der Waals surface area contributed by atoms with E-state index >= 15 is 0 Å². The summed E-state index contributed by atoms with van der Waals surface area (Å²) in [6, 6.07) is 2.68. The third-order valence-corrected chi connectivity index (χ3v) is 4.97. The highest BCUT2D eigenvalue weighted by Crippen LogP contribution is 2.37. The predicted octanol–water partition coefficient (Wildman–Crippen LogP) is 2.39. The molecule has 3 nitrogen and oxygen atoms in total. The number of rotatable bonds is 2. The zero-order valence-electron chi connectivity index (χ0n) is 11.9. The predicted molar refractivity (Wildman–Crippen MR) is 74.2 cm³/mol. The highest BCUT2D eigenvalue weighted by molar-refractivity contribution is 5.10. The molecule has 0 aromatic heterocycles. The van der Waals surface area contributed by atoms with E-state index in [2.05, 4.69) is 30.1 Å². The Hall–Kier alpha value is -0.590. The summed E-state index contributed by atoms with van der Waals surface area (Å²) < 4.78 is 0. The van der Waals surface area contributed by atoms with Gasteiger partial charge in [-0.3, -0.25) is 4.90 Å². The summed E-state index contributed by atoms with van der Waals surface area (Å²) in [5.74, 6) is 1.59. The lowest BCUT2D eigenvalue weighted by atomic mass is 9.86. The van der Waals surface area contributed by atoms with Gasteiger partial charge >= 0.3 is 0 Å². The molecule has 1 aliphatic carbocycles. The van der Waals surface area contributed by atoms with Crippen LogP contribution in [0.1, 0.15) is 46.0 Å². The molecule has 2 rings (SSSR count). The van der Waals surface area contributed by atoms with Gasteiger partial charge in [0.05, 0.1) is 6.07 Å². The lowest BCUT2D eigenvalue weighted by Crippen LogP contribution is -2.55. The lowest BCUT2D eigenvalue weighted by molar-refractivity contribution is 0.102. The molecule has 1 saturated carbocycles. The van der Waals surface area contributed by atoms with Gasteiger partial charge < -0.3 is 5.32 Å². The largest absolute Gasteiger partial charge is 0.314 e. The summed E-state index contributed by atoms with van der Waals surface area (Å²) in [7, 11) is 0. The van der Waals surface area contributed by atoms with E-state index in [0.717, 1.165) is 50.9 Å². The zero-order valence-corrected chi connectivity index (χ0v) is 11.9. The lowest BCUT2D eigenvalue weighted by Gasteiger charge is -2.41. The summed E-state index contributed by atoms with van der Waals surface area (Å²) in [6.45, 7) is 8.82. The van der Waals surface area contributed by atoms with Gasteiger partial charge in [0.25, 0.3) is 0 Å². The molecule has 0 spiro atoms. The maximum atomic E-state index is 9.73. The second-order valence-electron chi connectivity index (χ2n) is 6.32. The van der Waals surface area contributed by atoms with Crippen LogP contribution in [-0.2, 0) is 0 Å². The fourth-order valence-corrected chi connectivity index (χ4v) is 3.61. The molecule has 3 heteroatoms. The molecule has 1 saturated heterocycles. The first-order chi connectivity index (χ1) is 8.68. The van der Waals surface area contributed by atoms with E-state index in [1.165, 1.54) is 19.3 Å². The minimum Gasteiger partial charge on any atom is -0.314 e. The first kappa shape index (κ1) is 13.8. The van der Waals surface area contributed by atoms with Crippen molar-refractivity contribution >= 4 is 0 Å². The molecule has 1 N–H and O–H groups in total. The van der Waals surface area contributed by atoms with Crippen LogP contribution in [0.4, 0.5) is 0 Å². The monoisotopic (exact) mass is 249 g/mol. The van der Waals surface area contributed by atoms with Crippen molar-refractivity contribution in [1.82, 2.24) is 10.2 Å². The standard InChI is InChI=1S/C15H27N3/c1-13(2)14-4-3-6-15(12-16,7-5-14)18-10-8-17-9-11-18/h13-14,17H,3-11H2,1-2H3. The van der Waals surface area contributed by atoms with E-state index in [1.54, 1.807) is 0 Å². The zero-order chi connectivity index (χ0) is 13.0. The highest BCUT2D eigenvalue weighted by Gasteiger charge is 2.39. The van der Waals surface area contributed by atoms with E-state index in [4.69, 9.17) is 0 Å². The van der Waals surface area contributed by atoms with Gasteiger partial charge in [0.15, 0.2) is 0 Å². The minimum absolute atomic E-state index is 0.161. The molecule has 2 aliphatic rings. The summed E-state index contributed by atoms with van der Waals surface area (Å²) in [5, 5.41) is 13.1. The van der Waals surface area contributed by atoms with Crippen LogP contribution < -0.4 is 5.32 Å². The second-order valence-corrected chi connectivity index (χ2v) is 6.32. The van der Waals surface area contributed by atoms with Crippen molar-refractivity contribution in [2.45, 2.75) is 51.5 Å². The molecule has 0 aromatic rings. The molecule has 2 unspecified atom stereocenters.